The number of nitrogens with one attached hydrogen (secondary N) is 1. The highest BCUT2D eigenvalue weighted by Gasteiger charge is 2.21. The zero-order valence-electron chi connectivity index (χ0n) is 13.9. The third-order valence-corrected chi connectivity index (χ3v) is 4.45. The van der Waals surface area contributed by atoms with Crippen LogP contribution in [-0.2, 0) is 4.79 Å². The monoisotopic (exact) mass is 346 g/mol. The number of anilines is 2. The molecular formula is C17H22N4O2S. The number of carbonyl (C=O) groups excluding carboxylic acids is 1. The first-order valence-corrected chi connectivity index (χ1v) is 8.91. The van der Waals surface area contributed by atoms with E-state index in [1.165, 1.54) is 11.3 Å². The molecule has 0 aliphatic carbocycles. The molecule has 3 N–H and O–H groups in total. The standard InChI is InChI=1S/C17H22N4O2S/c1-11(2)8-19-16(22)9-21-5-6-23-15-4-3-12(7-14(15)21)13-10-24-17(18)20-13/h3-4,7,10-11H,5-6,8-9H2,1-2H3,(H2,18,20)(H,19,22). The second-order valence-corrected chi connectivity index (χ2v) is 7.11. The summed E-state index contributed by atoms with van der Waals surface area (Å²) in [4.78, 5) is 18.5. The van der Waals surface area contributed by atoms with Crippen molar-refractivity contribution in [2.75, 3.05) is 36.9 Å². The van der Waals surface area contributed by atoms with E-state index in [0.717, 1.165) is 22.7 Å². The SMILES string of the molecule is CC(C)CNC(=O)CN1CCOc2ccc(-c3csc(N)n3)cc21. The number of nitrogens with zero attached hydrogens (tertiary/aromatic N) is 2. The van der Waals surface area contributed by atoms with Crippen LogP contribution in [0.15, 0.2) is 23.6 Å². The van der Waals surface area contributed by atoms with E-state index >= 15 is 0 Å². The molecule has 2 heterocycles. The van der Waals surface area contributed by atoms with Crippen LogP contribution >= 0.6 is 11.3 Å². The fraction of sp³-hybridized carbons (Fsp3) is 0.412. The number of fused-ring (bicyclic) bond motifs is 1. The number of nitrogens with two attached hydrogens (primary N) is 1. The van der Waals surface area contributed by atoms with Crippen molar-refractivity contribution in [3.8, 4) is 17.0 Å². The molecule has 2 aromatic rings. The van der Waals surface area contributed by atoms with E-state index < -0.39 is 0 Å². The summed E-state index contributed by atoms with van der Waals surface area (Å²) in [6, 6.07) is 5.91. The van der Waals surface area contributed by atoms with Gasteiger partial charge in [-0.3, -0.25) is 4.79 Å². The Kier molecular flexibility index (Phi) is 4.89. The van der Waals surface area contributed by atoms with E-state index in [9.17, 15) is 4.79 Å². The maximum Gasteiger partial charge on any atom is 0.239 e. The summed E-state index contributed by atoms with van der Waals surface area (Å²) < 4.78 is 5.71. The molecule has 0 radical (unpaired) electrons. The molecule has 1 aliphatic heterocycles. The summed E-state index contributed by atoms with van der Waals surface area (Å²) in [6.45, 7) is 6.43. The Morgan fingerprint density at radius 1 is 1.50 bits per heavy atom. The Morgan fingerprint density at radius 2 is 2.33 bits per heavy atom. The largest absolute Gasteiger partial charge is 0.490 e. The van der Waals surface area contributed by atoms with Crippen LogP contribution in [-0.4, -0.2) is 37.1 Å². The maximum atomic E-state index is 12.2. The van der Waals surface area contributed by atoms with E-state index in [2.05, 4.69) is 24.1 Å². The molecule has 128 valence electrons. The van der Waals surface area contributed by atoms with Crippen molar-refractivity contribution in [3.63, 3.8) is 0 Å². The van der Waals surface area contributed by atoms with E-state index in [1.54, 1.807) is 0 Å². The highest BCUT2D eigenvalue weighted by Crippen LogP contribution is 2.36. The number of carbonyl (C=O) groups is 1. The van der Waals surface area contributed by atoms with Gasteiger partial charge in [-0.1, -0.05) is 13.8 Å². The first-order chi connectivity index (χ1) is 11.5. The first kappa shape index (κ1) is 16.6. The number of hydrogen-bond acceptors (Lipinski definition) is 6. The summed E-state index contributed by atoms with van der Waals surface area (Å²) >= 11 is 1.42. The molecule has 24 heavy (non-hydrogen) atoms. The quantitative estimate of drug-likeness (QED) is 0.869. The highest BCUT2D eigenvalue weighted by molar-refractivity contribution is 7.13. The van der Waals surface area contributed by atoms with E-state index in [1.807, 2.05) is 28.5 Å². The zero-order chi connectivity index (χ0) is 17.1. The molecule has 3 rings (SSSR count). The number of thiazole rings is 1. The fourth-order valence-corrected chi connectivity index (χ4v) is 3.14. The lowest BCUT2D eigenvalue weighted by molar-refractivity contribution is -0.119. The smallest absolute Gasteiger partial charge is 0.239 e. The van der Waals surface area contributed by atoms with Gasteiger partial charge in [-0.2, -0.15) is 0 Å². The Morgan fingerprint density at radius 3 is 3.04 bits per heavy atom. The van der Waals surface area contributed by atoms with Crippen molar-refractivity contribution >= 4 is 28.1 Å². The summed E-state index contributed by atoms with van der Waals surface area (Å²) in [5.74, 6) is 1.26. The Labute approximate surface area is 145 Å². The van der Waals surface area contributed by atoms with Crippen molar-refractivity contribution in [1.82, 2.24) is 10.3 Å². The first-order valence-electron chi connectivity index (χ1n) is 8.03. The predicted molar refractivity (Wildman–Crippen MR) is 97.5 cm³/mol. The number of ether oxygens (including phenoxy) is 1. The van der Waals surface area contributed by atoms with Crippen molar-refractivity contribution in [3.05, 3.63) is 23.6 Å². The summed E-state index contributed by atoms with van der Waals surface area (Å²) in [7, 11) is 0. The van der Waals surface area contributed by atoms with Crippen molar-refractivity contribution in [1.29, 1.82) is 0 Å². The van der Waals surface area contributed by atoms with Crippen LogP contribution in [0.1, 0.15) is 13.8 Å². The lowest BCUT2D eigenvalue weighted by atomic mass is 10.1. The molecule has 0 atom stereocenters. The Bertz CT molecular complexity index is 729. The molecule has 6 nitrogen and oxygen atoms in total. The minimum Gasteiger partial charge on any atom is -0.490 e. The molecular weight excluding hydrogens is 324 g/mol. The Balaban J connectivity index is 1.79. The third-order valence-electron chi connectivity index (χ3n) is 3.78. The van der Waals surface area contributed by atoms with Gasteiger partial charge in [0.1, 0.15) is 12.4 Å². The summed E-state index contributed by atoms with van der Waals surface area (Å²) in [5.41, 5.74) is 8.46. The molecule has 7 heteroatoms. The van der Waals surface area contributed by atoms with E-state index in [-0.39, 0.29) is 5.91 Å². The fourth-order valence-electron chi connectivity index (χ4n) is 2.56. The lowest BCUT2D eigenvalue weighted by Gasteiger charge is -2.31. The van der Waals surface area contributed by atoms with Crippen LogP contribution < -0.4 is 20.7 Å². The van der Waals surface area contributed by atoms with E-state index in [0.29, 0.717) is 37.3 Å². The molecule has 0 fully saturated rings. The Hall–Kier alpha value is -2.28. The number of rotatable bonds is 5. The van der Waals surface area contributed by atoms with Crippen LogP contribution in [0, 0.1) is 5.92 Å². The second-order valence-electron chi connectivity index (χ2n) is 6.22. The van der Waals surface area contributed by atoms with Gasteiger partial charge in [-0.05, 0) is 24.1 Å². The minimum atomic E-state index is 0.0276. The molecule has 1 aliphatic rings. The van der Waals surface area contributed by atoms with Gasteiger partial charge in [-0.25, -0.2) is 4.98 Å². The van der Waals surface area contributed by atoms with Crippen molar-refractivity contribution in [2.45, 2.75) is 13.8 Å². The van der Waals surface area contributed by atoms with Gasteiger partial charge in [-0.15, -0.1) is 11.3 Å². The predicted octanol–water partition coefficient (Wildman–Crippen LogP) is 2.36. The molecule has 1 amide bonds. The van der Waals surface area contributed by atoms with Gasteiger partial charge < -0.3 is 20.7 Å². The number of aromatic nitrogens is 1. The molecule has 0 saturated heterocycles. The molecule has 0 bridgehead atoms. The van der Waals surface area contributed by atoms with Gasteiger partial charge >= 0.3 is 0 Å². The molecule has 1 aromatic heterocycles. The second kappa shape index (κ2) is 7.09. The molecule has 1 aromatic carbocycles. The summed E-state index contributed by atoms with van der Waals surface area (Å²) in [6.07, 6.45) is 0. The lowest BCUT2D eigenvalue weighted by Crippen LogP contribution is -2.42. The topological polar surface area (TPSA) is 80.5 Å². The number of amides is 1. The number of nitrogen functional groups attached to an aromatic ring is 1. The zero-order valence-corrected chi connectivity index (χ0v) is 14.7. The maximum absolute atomic E-state index is 12.2. The van der Waals surface area contributed by atoms with Gasteiger partial charge in [0.05, 0.1) is 24.5 Å². The number of hydrogen-bond donors (Lipinski definition) is 2. The van der Waals surface area contributed by atoms with Crippen LogP contribution in [0.25, 0.3) is 11.3 Å². The average Bonchev–Trinajstić information content (AvgIpc) is 2.99. The van der Waals surface area contributed by atoms with E-state index in [4.69, 9.17) is 10.5 Å². The van der Waals surface area contributed by atoms with Gasteiger partial charge in [0, 0.05) is 17.5 Å². The number of benzene rings is 1. The van der Waals surface area contributed by atoms with Gasteiger partial charge in [0.2, 0.25) is 5.91 Å². The van der Waals surface area contributed by atoms with Crippen molar-refractivity contribution < 1.29 is 9.53 Å². The molecule has 0 spiro atoms. The van der Waals surface area contributed by atoms with Crippen molar-refractivity contribution in [2.24, 2.45) is 5.92 Å². The summed E-state index contributed by atoms with van der Waals surface area (Å²) in [5, 5.41) is 5.44. The van der Waals surface area contributed by atoms with Crippen LogP contribution in [0.5, 0.6) is 5.75 Å². The van der Waals surface area contributed by atoms with Crippen LogP contribution in [0.3, 0.4) is 0 Å². The van der Waals surface area contributed by atoms with Crippen LogP contribution in [0.4, 0.5) is 10.8 Å². The highest BCUT2D eigenvalue weighted by atomic mass is 32.1. The average molecular weight is 346 g/mol. The van der Waals surface area contributed by atoms with Gasteiger partial charge in [0.15, 0.2) is 5.13 Å². The van der Waals surface area contributed by atoms with Gasteiger partial charge in [0.25, 0.3) is 0 Å². The third kappa shape index (κ3) is 3.79. The minimum absolute atomic E-state index is 0.0276. The molecule has 0 saturated carbocycles. The van der Waals surface area contributed by atoms with Crippen LogP contribution in [0.2, 0.25) is 0 Å². The molecule has 0 unspecified atom stereocenters. The normalized spacial score (nSPS) is 13.5.